The minimum Gasteiger partial charge on any atom is -0.350 e. The summed E-state index contributed by atoms with van der Waals surface area (Å²) >= 11 is 7.24. The van der Waals surface area contributed by atoms with E-state index in [0.29, 0.717) is 15.7 Å². The van der Waals surface area contributed by atoms with Crippen LogP contribution in [0.3, 0.4) is 0 Å². The van der Waals surface area contributed by atoms with Gasteiger partial charge in [0.05, 0.1) is 12.1 Å². The number of aryl methyl sites for hydroxylation is 1. The molecule has 174 valence electrons. The molecule has 0 spiro atoms. The topological polar surface area (TPSA) is 74.3 Å². The molecule has 0 aliphatic carbocycles. The predicted octanol–water partition coefficient (Wildman–Crippen LogP) is 5.26. The number of likely N-dealkylation sites (N-methyl/N-ethyl adjacent to an activating group) is 1. The van der Waals surface area contributed by atoms with Gasteiger partial charge in [-0.2, -0.15) is 13.2 Å². The molecule has 11 heteroatoms. The van der Waals surface area contributed by atoms with E-state index in [1.165, 1.54) is 35.4 Å². The highest BCUT2D eigenvalue weighted by atomic mass is 35.5. The van der Waals surface area contributed by atoms with Crippen LogP contribution in [0.2, 0.25) is 5.02 Å². The Balaban J connectivity index is 1.55. The normalized spacial score (nSPS) is 11.2. The van der Waals surface area contributed by atoms with Crippen LogP contribution in [0.5, 0.6) is 0 Å². The quantitative estimate of drug-likeness (QED) is 0.468. The molecule has 3 aromatic rings. The molecule has 0 saturated heterocycles. The molecule has 0 aliphatic heterocycles. The highest BCUT2D eigenvalue weighted by Gasteiger charge is 2.30. The lowest BCUT2D eigenvalue weighted by atomic mass is 10.1. The average molecular weight is 497 g/mol. The summed E-state index contributed by atoms with van der Waals surface area (Å²) in [4.78, 5) is 30.3. The minimum absolute atomic E-state index is 0.0888. The highest BCUT2D eigenvalue weighted by Crippen LogP contribution is 2.29. The number of nitrogens with one attached hydrogen (secondary N) is 2. The zero-order valence-corrected chi connectivity index (χ0v) is 19.2. The molecular weight excluding hydrogens is 477 g/mol. The van der Waals surface area contributed by atoms with E-state index in [4.69, 9.17) is 11.6 Å². The van der Waals surface area contributed by atoms with Gasteiger partial charge in [-0.05, 0) is 42.3 Å². The standard InChI is InChI=1S/C22H20ClF3N4O2S/c1-13-6-7-16(23)9-17(13)28-21-29-18(12-33-21)20(32)30(2)11-19(31)27-10-14-4-3-5-15(8-14)22(24,25)26/h3-9,12H,10-11H2,1-2H3,(H,27,31)(H,28,29). The fourth-order valence-corrected chi connectivity index (χ4v) is 3.74. The number of benzene rings is 2. The van der Waals surface area contributed by atoms with Gasteiger partial charge in [0.1, 0.15) is 5.69 Å². The molecule has 0 unspecified atom stereocenters. The van der Waals surface area contributed by atoms with Crippen LogP contribution in [0.15, 0.2) is 47.8 Å². The fourth-order valence-electron chi connectivity index (χ4n) is 2.87. The van der Waals surface area contributed by atoms with Crippen LogP contribution >= 0.6 is 22.9 Å². The van der Waals surface area contributed by atoms with Crippen molar-refractivity contribution < 1.29 is 22.8 Å². The fraction of sp³-hybridized carbons (Fsp3) is 0.227. The Morgan fingerprint density at radius 3 is 2.67 bits per heavy atom. The number of hydrogen-bond donors (Lipinski definition) is 2. The van der Waals surface area contributed by atoms with Gasteiger partial charge in [-0.25, -0.2) is 4.98 Å². The molecule has 0 radical (unpaired) electrons. The Labute approximate surface area is 197 Å². The molecule has 0 atom stereocenters. The van der Waals surface area contributed by atoms with Gasteiger partial charge in [-0.3, -0.25) is 9.59 Å². The van der Waals surface area contributed by atoms with Crippen LogP contribution in [-0.4, -0.2) is 35.3 Å². The molecule has 2 aromatic carbocycles. The van der Waals surface area contributed by atoms with E-state index >= 15 is 0 Å². The third-order valence-corrected chi connectivity index (χ3v) is 5.63. The summed E-state index contributed by atoms with van der Waals surface area (Å²) in [7, 11) is 1.44. The van der Waals surface area contributed by atoms with Crippen molar-refractivity contribution in [3.63, 3.8) is 0 Å². The molecule has 6 nitrogen and oxygen atoms in total. The molecule has 1 heterocycles. The lowest BCUT2D eigenvalue weighted by molar-refractivity contribution is -0.137. The zero-order valence-electron chi connectivity index (χ0n) is 17.7. The van der Waals surface area contributed by atoms with Crippen molar-refractivity contribution in [2.75, 3.05) is 18.9 Å². The number of anilines is 2. The number of carbonyl (C=O) groups is 2. The zero-order chi connectivity index (χ0) is 24.2. The molecule has 2 amide bonds. The van der Waals surface area contributed by atoms with Crippen molar-refractivity contribution in [2.24, 2.45) is 0 Å². The number of alkyl halides is 3. The lowest BCUT2D eigenvalue weighted by Gasteiger charge is -2.16. The van der Waals surface area contributed by atoms with Crippen molar-refractivity contribution in [3.05, 3.63) is 75.3 Å². The molecule has 1 aromatic heterocycles. The Morgan fingerprint density at radius 1 is 1.18 bits per heavy atom. The summed E-state index contributed by atoms with van der Waals surface area (Å²) in [5, 5.41) is 8.26. The summed E-state index contributed by atoms with van der Waals surface area (Å²) < 4.78 is 38.4. The number of thiazole rings is 1. The molecule has 2 N–H and O–H groups in total. The molecule has 0 saturated carbocycles. The summed E-state index contributed by atoms with van der Waals surface area (Å²) in [5.74, 6) is -0.970. The number of amides is 2. The van der Waals surface area contributed by atoms with E-state index in [0.717, 1.165) is 23.4 Å². The van der Waals surface area contributed by atoms with E-state index in [9.17, 15) is 22.8 Å². The largest absolute Gasteiger partial charge is 0.416 e. The van der Waals surface area contributed by atoms with Crippen molar-refractivity contribution >= 4 is 45.6 Å². The Bertz CT molecular complexity index is 1170. The SMILES string of the molecule is Cc1ccc(Cl)cc1Nc1nc(C(=O)N(C)CC(=O)NCc2cccc(C(F)(F)F)c2)cs1. The second-order valence-electron chi connectivity index (χ2n) is 7.26. The third kappa shape index (κ3) is 6.69. The number of aromatic nitrogens is 1. The number of hydrogen-bond acceptors (Lipinski definition) is 5. The van der Waals surface area contributed by atoms with E-state index in [1.807, 2.05) is 13.0 Å². The molecule has 33 heavy (non-hydrogen) atoms. The van der Waals surface area contributed by atoms with E-state index < -0.39 is 23.6 Å². The lowest BCUT2D eigenvalue weighted by Crippen LogP contribution is -2.38. The third-order valence-electron chi connectivity index (χ3n) is 4.64. The van der Waals surface area contributed by atoms with Crippen LogP contribution < -0.4 is 10.6 Å². The maximum atomic E-state index is 12.8. The predicted molar refractivity (Wildman–Crippen MR) is 122 cm³/mol. The van der Waals surface area contributed by atoms with Gasteiger partial charge in [-0.15, -0.1) is 11.3 Å². The summed E-state index contributed by atoms with van der Waals surface area (Å²) in [5.41, 5.74) is 1.40. The number of halogens is 4. The van der Waals surface area contributed by atoms with Gasteiger partial charge in [-0.1, -0.05) is 29.8 Å². The van der Waals surface area contributed by atoms with Crippen molar-refractivity contribution in [2.45, 2.75) is 19.6 Å². The van der Waals surface area contributed by atoms with Gasteiger partial charge >= 0.3 is 6.18 Å². The monoisotopic (exact) mass is 496 g/mol. The van der Waals surface area contributed by atoms with E-state index in [1.54, 1.807) is 17.5 Å². The molecule has 3 rings (SSSR count). The molecular formula is C22H20ClF3N4O2S. The number of carbonyl (C=O) groups excluding carboxylic acids is 2. The van der Waals surface area contributed by atoms with Gasteiger partial charge < -0.3 is 15.5 Å². The smallest absolute Gasteiger partial charge is 0.350 e. The highest BCUT2D eigenvalue weighted by molar-refractivity contribution is 7.14. The van der Waals surface area contributed by atoms with E-state index in [-0.39, 0.29) is 18.8 Å². The number of nitrogens with zero attached hydrogens (tertiary/aromatic N) is 2. The molecule has 0 fully saturated rings. The Morgan fingerprint density at radius 2 is 1.94 bits per heavy atom. The van der Waals surface area contributed by atoms with Crippen LogP contribution in [0.4, 0.5) is 24.0 Å². The van der Waals surface area contributed by atoms with E-state index in [2.05, 4.69) is 15.6 Å². The number of rotatable bonds is 7. The van der Waals surface area contributed by atoms with Crippen molar-refractivity contribution in [3.8, 4) is 0 Å². The summed E-state index contributed by atoms with van der Waals surface area (Å²) in [6.07, 6.45) is -4.46. The first-order valence-corrected chi connectivity index (χ1v) is 11.0. The maximum Gasteiger partial charge on any atom is 0.416 e. The maximum absolute atomic E-state index is 12.8. The van der Waals surface area contributed by atoms with Gasteiger partial charge in [0.2, 0.25) is 5.91 Å². The summed E-state index contributed by atoms with van der Waals surface area (Å²) in [6, 6.07) is 10.1. The Kier molecular flexibility index (Phi) is 7.60. The average Bonchev–Trinajstić information content (AvgIpc) is 3.22. The van der Waals surface area contributed by atoms with Crippen molar-refractivity contribution in [1.82, 2.24) is 15.2 Å². The molecule has 0 bridgehead atoms. The van der Waals surface area contributed by atoms with Crippen LogP contribution in [-0.2, 0) is 17.5 Å². The minimum atomic E-state index is -4.46. The second-order valence-corrected chi connectivity index (χ2v) is 8.55. The van der Waals surface area contributed by atoms with Crippen LogP contribution in [0.25, 0.3) is 0 Å². The van der Waals surface area contributed by atoms with Crippen LogP contribution in [0.1, 0.15) is 27.2 Å². The van der Waals surface area contributed by atoms with Crippen molar-refractivity contribution in [1.29, 1.82) is 0 Å². The summed E-state index contributed by atoms with van der Waals surface area (Å²) in [6.45, 7) is 1.55. The second kappa shape index (κ2) is 10.2. The first kappa shape index (κ1) is 24.5. The first-order chi connectivity index (χ1) is 15.5. The molecule has 0 aliphatic rings. The van der Waals surface area contributed by atoms with Gasteiger partial charge in [0.25, 0.3) is 5.91 Å². The Hall–Kier alpha value is -3.11. The first-order valence-electron chi connectivity index (χ1n) is 9.70. The van der Waals surface area contributed by atoms with Gasteiger partial charge in [0.15, 0.2) is 5.13 Å². The van der Waals surface area contributed by atoms with Crippen LogP contribution in [0, 0.1) is 6.92 Å². The van der Waals surface area contributed by atoms with Gasteiger partial charge in [0, 0.05) is 29.7 Å².